The van der Waals surface area contributed by atoms with Crippen molar-refractivity contribution in [1.82, 2.24) is 4.90 Å². The molecule has 1 aromatic rings. The first-order valence-electron chi connectivity index (χ1n) is 8.16. The van der Waals surface area contributed by atoms with Crippen LogP contribution in [0, 0.1) is 12.8 Å². The third-order valence-corrected chi connectivity index (χ3v) is 4.41. The Labute approximate surface area is 128 Å². The number of aryl methyl sites for hydroxylation is 1. The highest BCUT2D eigenvalue weighted by molar-refractivity contribution is 5.99. The van der Waals surface area contributed by atoms with E-state index in [1.165, 1.54) is 12.8 Å². The van der Waals surface area contributed by atoms with E-state index in [0.29, 0.717) is 23.2 Å². The zero-order valence-electron chi connectivity index (χ0n) is 13.6. The van der Waals surface area contributed by atoms with Crippen LogP contribution in [0.3, 0.4) is 0 Å². The Morgan fingerprint density at radius 1 is 1.33 bits per heavy atom. The maximum Gasteiger partial charge on any atom is 0.256 e. The molecule has 21 heavy (non-hydrogen) atoms. The number of hydrogen-bond acceptors (Lipinski definition) is 2. The SMILES string of the molecule is Cc1ccc(C(=O)N(CCC(C)C)C2CCCC2)c(N)c1. The zero-order valence-corrected chi connectivity index (χ0v) is 13.6. The van der Waals surface area contributed by atoms with E-state index < -0.39 is 0 Å². The average Bonchev–Trinajstić information content (AvgIpc) is 2.92. The molecule has 0 saturated heterocycles. The Bertz CT molecular complexity index is 490. The number of nitrogens with two attached hydrogens (primary N) is 1. The predicted molar refractivity (Wildman–Crippen MR) is 88.3 cm³/mol. The lowest BCUT2D eigenvalue weighted by Gasteiger charge is -2.30. The first kappa shape index (κ1) is 15.9. The topological polar surface area (TPSA) is 46.3 Å². The Balaban J connectivity index is 2.19. The number of anilines is 1. The van der Waals surface area contributed by atoms with E-state index in [-0.39, 0.29) is 5.91 Å². The second kappa shape index (κ2) is 6.97. The van der Waals surface area contributed by atoms with Crippen molar-refractivity contribution in [3.63, 3.8) is 0 Å². The molecule has 0 aliphatic heterocycles. The summed E-state index contributed by atoms with van der Waals surface area (Å²) in [5.41, 5.74) is 8.43. The highest BCUT2D eigenvalue weighted by Crippen LogP contribution is 2.27. The van der Waals surface area contributed by atoms with Gasteiger partial charge in [0.25, 0.3) is 5.91 Å². The summed E-state index contributed by atoms with van der Waals surface area (Å²) in [6.45, 7) is 7.25. The number of amides is 1. The lowest BCUT2D eigenvalue weighted by Crippen LogP contribution is -2.40. The number of benzene rings is 1. The summed E-state index contributed by atoms with van der Waals surface area (Å²) < 4.78 is 0. The molecule has 0 aromatic heterocycles. The summed E-state index contributed by atoms with van der Waals surface area (Å²) in [4.78, 5) is 15.0. The Morgan fingerprint density at radius 2 is 2.00 bits per heavy atom. The molecule has 1 aliphatic carbocycles. The highest BCUT2D eigenvalue weighted by Gasteiger charge is 2.28. The monoisotopic (exact) mass is 288 g/mol. The molecular formula is C18H28N2O. The van der Waals surface area contributed by atoms with Crippen molar-refractivity contribution >= 4 is 11.6 Å². The fourth-order valence-corrected chi connectivity index (χ4v) is 3.09. The van der Waals surface area contributed by atoms with Crippen molar-refractivity contribution in [3.05, 3.63) is 29.3 Å². The molecule has 0 atom stereocenters. The number of carbonyl (C=O) groups excluding carboxylic acids is 1. The molecular weight excluding hydrogens is 260 g/mol. The molecule has 1 saturated carbocycles. The summed E-state index contributed by atoms with van der Waals surface area (Å²) in [7, 11) is 0. The van der Waals surface area contributed by atoms with Crippen LogP contribution in [0.1, 0.15) is 61.9 Å². The molecule has 3 nitrogen and oxygen atoms in total. The minimum atomic E-state index is 0.111. The van der Waals surface area contributed by atoms with E-state index in [4.69, 9.17) is 5.73 Å². The summed E-state index contributed by atoms with van der Waals surface area (Å²) in [5.74, 6) is 0.720. The number of hydrogen-bond donors (Lipinski definition) is 1. The van der Waals surface area contributed by atoms with Gasteiger partial charge >= 0.3 is 0 Å². The van der Waals surface area contributed by atoms with Crippen LogP contribution in [0.5, 0.6) is 0 Å². The average molecular weight is 288 g/mol. The van der Waals surface area contributed by atoms with Gasteiger partial charge in [0.2, 0.25) is 0 Å². The van der Waals surface area contributed by atoms with Crippen LogP contribution in [0.25, 0.3) is 0 Å². The van der Waals surface area contributed by atoms with Gasteiger partial charge in [-0.15, -0.1) is 0 Å². The molecule has 116 valence electrons. The Hall–Kier alpha value is -1.51. The fraction of sp³-hybridized carbons (Fsp3) is 0.611. The number of nitrogens with zero attached hydrogens (tertiary/aromatic N) is 1. The van der Waals surface area contributed by atoms with Crippen molar-refractivity contribution in [2.45, 2.75) is 58.9 Å². The second-order valence-electron chi connectivity index (χ2n) is 6.71. The van der Waals surface area contributed by atoms with Crippen molar-refractivity contribution < 1.29 is 4.79 Å². The summed E-state index contributed by atoms with van der Waals surface area (Å²) >= 11 is 0. The maximum absolute atomic E-state index is 12.9. The minimum absolute atomic E-state index is 0.111. The molecule has 1 aromatic carbocycles. The Kier molecular flexibility index (Phi) is 5.27. The van der Waals surface area contributed by atoms with Gasteiger partial charge in [0.05, 0.1) is 5.56 Å². The zero-order chi connectivity index (χ0) is 15.4. The number of carbonyl (C=O) groups is 1. The normalized spacial score (nSPS) is 15.6. The first-order chi connectivity index (χ1) is 9.99. The third-order valence-electron chi connectivity index (χ3n) is 4.41. The van der Waals surface area contributed by atoms with E-state index >= 15 is 0 Å². The van der Waals surface area contributed by atoms with Crippen molar-refractivity contribution in [3.8, 4) is 0 Å². The third kappa shape index (κ3) is 3.99. The van der Waals surface area contributed by atoms with Gasteiger partial charge < -0.3 is 10.6 Å². The molecule has 0 bridgehead atoms. The Morgan fingerprint density at radius 3 is 2.57 bits per heavy atom. The van der Waals surface area contributed by atoms with Crippen LogP contribution >= 0.6 is 0 Å². The maximum atomic E-state index is 12.9. The lowest BCUT2D eigenvalue weighted by molar-refractivity contribution is 0.0673. The number of rotatable bonds is 5. The van der Waals surface area contributed by atoms with Gasteiger partial charge in [-0.2, -0.15) is 0 Å². The molecule has 1 amide bonds. The van der Waals surface area contributed by atoms with Gasteiger partial charge in [-0.3, -0.25) is 4.79 Å². The molecule has 0 heterocycles. The molecule has 2 N–H and O–H groups in total. The quantitative estimate of drug-likeness (QED) is 0.832. The van der Waals surface area contributed by atoms with E-state index in [1.807, 2.05) is 25.1 Å². The van der Waals surface area contributed by atoms with Crippen LogP contribution in [0.4, 0.5) is 5.69 Å². The van der Waals surface area contributed by atoms with Gasteiger partial charge in [-0.25, -0.2) is 0 Å². The van der Waals surface area contributed by atoms with Gasteiger partial charge in [-0.05, 0) is 49.8 Å². The van der Waals surface area contributed by atoms with E-state index in [0.717, 1.165) is 31.4 Å². The highest BCUT2D eigenvalue weighted by atomic mass is 16.2. The smallest absolute Gasteiger partial charge is 0.256 e. The molecule has 1 fully saturated rings. The van der Waals surface area contributed by atoms with Gasteiger partial charge in [0.1, 0.15) is 0 Å². The second-order valence-corrected chi connectivity index (χ2v) is 6.71. The van der Waals surface area contributed by atoms with E-state index in [1.54, 1.807) is 0 Å². The summed E-state index contributed by atoms with van der Waals surface area (Å²) in [5, 5.41) is 0. The molecule has 2 rings (SSSR count). The van der Waals surface area contributed by atoms with Crippen molar-refractivity contribution in [2.24, 2.45) is 5.92 Å². The minimum Gasteiger partial charge on any atom is -0.398 e. The van der Waals surface area contributed by atoms with E-state index in [9.17, 15) is 4.79 Å². The van der Waals surface area contributed by atoms with E-state index in [2.05, 4.69) is 18.7 Å². The first-order valence-corrected chi connectivity index (χ1v) is 8.16. The molecule has 0 unspecified atom stereocenters. The van der Waals surface area contributed by atoms with Crippen LogP contribution < -0.4 is 5.73 Å². The molecule has 0 spiro atoms. The number of nitrogen functional groups attached to an aromatic ring is 1. The standard InChI is InChI=1S/C18H28N2O/c1-13(2)10-11-20(15-6-4-5-7-15)18(21)16-9-8-14(3)12-17(16)19/h8-9,12-13,15H,4-7,10-11,19H2,1-3H3. The van der Waals surface area contributed by atoms with Crippen LogP contribution in [0.15, 0.2) is 18.2 Å². The van der Waals surface area contributed by atoms with Crippen LogP contribution in [0.2, 0.25) is 0 Å². The van der Waals surface area contributed by atoms with Crippen molar-refractivity contribution in [2.75, 3.05) is 12.3 Å². The predicted octanol–water partition coefficient (Wildman–Crippen LogP) is 4.01. The van der Waals surface area contributed by atoms with Gasteiger partial charge in [0, 0.05) is 18.3 Å². The fourth-order valence-electron chi connectivity index (χ4n) is 3.09. The molecule has 0 radical (unpaired) electrons. The largest absolute Gasteiger partial charge is 0.398 e. The van der Waals surface area contributed by atoms with Crippen LogP contribution in [-0.4, -0.2) is 23.4 Å². The summed E-state index contributed by atoms with van der Waals surface area (Å²) in [6.07, 6.45) is 5.79. The van der Waals surface area contributed by atoms with Crippen molar-refractivity contribution in [1.29, 1.82) is 0 Å². The molecule has 3 heteroatoms. The van der Waals surface area contributed by atoms with Gasteiger partial charge in [0.15, 0.2) is 0 Å². The molecule has 1 aliphatic rings. The van der Waals surface area contributed by atoms with Gasteiger partial charge in [-0.1, -0.05) is 32.8 Å². The van der Waals surface area contributed by atoms with Crippen LogP contribution in [-0.2, 0) is 0 Å². The summed E-state index contributed by atoms with van der Waals surface area (Å²) in [6, 6.07) is 6.14. The lowest BCUT2D eigenvalue weighted by atomic mass is 10.0.